The number of hydrogen-bond donors (Lipinski definition) is 2. The van der Waals surface area contributed by atoms with Crippen molar-refractivity contribution in [3.05, 3.63) is 64.8 Å². The standard InChI is InChI=1S/C26H28ClN7O2/c1-31-15-34(23-6-4-3-5-21(23)27)25(36)20-11-28-26(30-24(20)31)29-17-7-8-22(16(9-17)14-35)33-12-18-10-19(13-33)32(18)2/h3-9,11,18-19,35H,10,12-15H2,1-2H3,(H,28,29,30). The Balaban J connectivity index is 1.22. The first-order valence-corrected chi connectivity index (χ1v) is 12.4. The minimum absolute atomic E-state index is 0.0489. The highest BCUT2D eigenvalue weighted by Gasteiger charge is 2.42. The number of fused-ring (bicyclic) bond motifs is 3. The van der Waals surface area contributed by atoms with Gasteiger partial charge in [-0.2, -0.15) is 4.98 Å². The monoisotopic (exact) mass is 505 g/mol. The molecule has 7 rings (SSSR count). The number of nitrogens with zero attached hydrogens (tertiary/aromatic N) is 6. The molecule has 2 unspecified atom stereocenters. The maximum absolute atomic E-state index is 13.2. The number of aliphatic hydroxyl groups excluding tert-OH is 1. The first kappa shape index (κ1) is 23.0. The number of piperidine rings is 1. The number of nitrogens with one attached hydrogen (secondary N) is 1. The Labute approximate surface area is 214 Å². The first-order valence-electron chi connectivity index (χ1n) is 12.0. The molecule has 3 aromatic rings. The SMILES string of the molecule is CN1CN(c2ccccc2Cl)C(=O)c2cnc(Nc3ccc(N4CC5CC(C4)N5C)c(CO)c3)nc21. The summed E-state index contributed by atoms with van der Waals surface area (Å²) in [5, 5.41) is 13.8. The van der Waals surface area contributed by atoms with Crippen LogP contribution in [0.15, 0.2) is 48.7 Å². The largest absolute Gasteiger partial charge is 0.392 e. The highest BCUT2D eigenvalue weighted by molar-refractivity contribution is 6.34. The fourth-order valence-electron chi connectivity index (χ4n) is 5.44. The van der Waals surface area contributed by atoms with Gasteiger partial charge >= 0.3 is 0 Å². The average Bonchev–Trinajstić information content (AvgIpc) is 2.90. The molecular weight excluding hydrogens is 478 g/mol. The summed E-state index contributed by atoms with van der Waals surface area (Å²) in [5.74, 6) is 0.744. The van der Waals surface area contributed by atoms with E-state index in [0.717, 1.165) is 30.0 Å². The van der Waals surface area contributed by atoms with Crippen LogP contribution in [0.25, 0.3) is 0 Å². The minimum atomic E-state index is -0.195. The van der Waals surface area contributed by atoms with Crippen molar-refractivity contribution in [3.8, 4) is 0 Å². The Kier molecular flexibility index (Phi) is 5.70. The van der Waals surface area contributed by atoms with Crippen LogP contribution < -0.4 is 20.0 Å². The Morgan fingerprint density at radius 3 is 2.61 bits per heavy atom. The van der Waals surface area contributed by atoms with Crippen LogP contribution in [0, 0.1) is 0 Å². The zero-order chi connectivity index (χ0) is 25.0. The number of halogens is 1. The lowest BCUT2D eigenvalue weighted by molar-refractivity contribution is 0.0262. The molecule has 36 heavy (non-hydrogen) atoms. The second kappa shape index (κ2) is 8.92. The van der Waals surface area contributed by atoms with Gasteiger partial charge in [0.1, 0.15) is 11.4 Å². The lowest BCUT2D eigenvalue weighted by Crippen LogP contribution is -2.67. The van der Waals surface area contributed by atoms with E-state index in [-0.39, 0.29) is 12.5 Å². The summed E-state index contributed by atoms with van der Waals surface area (Å²) in [6.07, 6.45) is 2.80. The molecule has 2 aromatic carbocycles. The van der Waals surface area contributed by atoms with E-state index in [4.69, 9.17) is 11.6 Å². The fourth-order valence-corrected chi connectivity index (χ4v) is 5.68. The predicted molar refractivity (Wildman–Crippen MR) is 141 cm³/mol. The van der Waals surface area contributed by atoms with Crippen molar-refractivity contribution in [1.29, 1.82) is 0 Å². The number of anilines is 5. The topological polar surface area (TPSA) is 88.1 Å². The quantitative estimate of drug-likeness (QED) is 0.546. The van der Waals surface area contributed by atoms with E-state index in [1.54, 1.807) is 17.2 Å². The van der Waals surface area contributed by atoms with Crippen LogP contribution in [0.4, 0.5) is 28.8 Å². The maximum Gasteiger partial charge on any atom is 0.265 e. The molecule has 4 aliphatic heterocycles. The van der Waals surface area contributed by atoms with Crippen molar-refractivity contribution in [2.75, 3.05) is 53.9 Å². The molecule has 9 nitrogen and oxygen atoms in total. The Hall–Kier alpha value is -3.40. The van der Waals surface area contributed by atoms with E-state index in [1.165, 1.54) is 6.42 Å². The highest BCUT2D eigenvalue weighted by atomic mass is 35.5. The van der Waals surface area contributed by atoms with Crippen molar-refractivity contribution >= 4 is 46.3 Å². The van der Waals surface area contributed by atoms with Gasteiger partial charge in [-0.25, -0.2) is 4.98 Å². The van der Waals surface area contributed by atoms with Crippen LogP contribution in [0.1, 0.15) is 22.3 Å². The zero-order valence-electron chi connectivity index (χ0n) is 20.2. The van der Waals surface area contributed by atoms with Gasteiger partial charge in [0.15, 0.2) is 0 Å². The lowest BCUT2D eigenvalue weighted by Gasteiger charge is -2.55. The van der Waals surface area contributed by atoms with Gasteiger partial charge < -0.3 is 20.2 Å². The number of benzene rings is 2. The van der Waals surface area contributed by atoms with Gasteiger partial charge in [-0.05, 0) is 43.8 Å². The zero-order valence-corrected chi connectivity index (χ0v) is 21.0. The van der Waals surface area contributed by atoms with Gasteiger partial charge in [0.2, 0.25) is 5.95 Å². The molecule has 0 aliphatic carbocycles. The number of carbonyl (C=O) groups excluding carboxylic acids is 1. The number of piperazine rings is 1. The van der Waals surface area contributed by atoms with Crippen molar-refractivity contribution in [2.24, 2.45) is 0 Å². The molecule has 1 aromatic heterocycles. The Bertz CT molecular complexity index is 1320. The van der Waals surface area contributed by atoms with Gasteiger partial charge in [-0.15, -0.1) is 0 Å². The van der Waals surface area contributed by atoms with E-state index in [2.05, 4.69) is 32.1 Å². The van der Waals surface area contributed by atoms with E-state index < -0.39 is 0 Å². The number of aliphatic hydroxyl groups is 1. The molecule has 5 heterocycles. The van der Waals surface area contributed by atoms with Crippen LogP contribution in [-0.4, -0.2) is 71.8 Å². The van der Waals surface area contributed by atoms with E-state index in [1.807, 2.05) is 48.3 Å². The number of hydrogen-bond acceptors (Lipinski definition) is 8. The third-order valence-electron chi connectivity index (χ3n) is 7.51. The summed E-state index contributed by atoms with van der Waals surface area (Å²) in [6.45, 7) is 2.23. The predicted octanol–water partition coefficient (Wildman–Crippen LogP) is 3.31. The van der Waals surface area contributed by atoms with E-state index in [0.29, 0.717) is 46.8 Å². The highest BCUT2D eigenvalue weighted by Crippen LogP contribution is 2.36. The molecular formula is C26H28ClN7O2. The third kappa shape index (κ3) is 3.84. The number of para-hydroxylation sites is 1. The summed E-state index contributed by atoms with van der Waals surface area (Å²) in [6, 6.07) is 14.4. The molecule has 1 amide bonds. The third-order valence-corrected chi connectivity index (χ3v) is 7.83. The van der Waals surface area contributed by atoms with Crippen LogP contribution in [0.5, 0.6) is 0 Å². The smallest absolute Gasteiger partial charge is 0.265 e. The van der Waals surface area contributed by atoms with Gasteiger partial charge in [-0.3, -0.25) is 14.6 Å². The number of aromatic nitrogens is 2. The van der Waals surface area contributed by atoms with Gasteiger partial charge in [-0.1, -0.05) is 23.7 Å². The van der Waals surface area contributed by atoms with Crippen LogP contribution in [0.2, 0.25) is 5.02 Å². The van der Waals surface area contributed by atoms with Gasteiger partial charge in [0, 0.05) is 55.4 Å². The summed E-state index contributed by atoms with van der Waals surface area (Å²) < 4.78 is 0. The average molecular weight is 506 g/mol. The number of likely N-dealkylation sites (N-methyl/N-ethyl adjacent to an activating group) is 1. The van der Waals surface area contributed by atoms with Crippen LogP contribution >= 0.6 is 11.6 Å². The molecule has 186 valence electrons. The van der Waals surface area contributed by atoms with Crippen molar-refractivity contribution < 1.29 is 9.90 Å². The van der Waals surface area contributed by atoms with Gasteiger partial charge in [0.25, 0.3) is 5.91 Å². The number of carbonyl (C=O) groups is 1. The summed E-state index contributed by atoms with van der Waals surface area (Å²) in [5.41, 5.74) is 3.78. The van der Waals surface area contributed by atoms with E-state index >= 15 is 0 Å². The summed E-state index contributed by atoms with van der Waals surface area (Å²) >= 11 is 6.34. The first-order chi connectivity index (χ1) is 17.4. The van der Waals surface area contributed by atoms with Gasteiger partial charge in [0.05, 0.1) is 24.0 Å². The summed E-state index contributed by atoms with van der Waals surface area (Å²) in [4.78, 5) is 30.6. The van der Waals surface area contributed by atoms with Crippen molar-refractivity contribution in [2.45, 2.75) is 25.1 Å². The molecule has 2 N–H and O–H groups in total. The minimum Gasteiger partial charge on any atom is -0.392 e. The molecule has 10 heteroatoms. The molecule has 3 fully saturated rings. The van der Waals surface area contributed by atoms with E-state index in [9.17, 15) is 9.90 Å². The lowest BCUT2D eigenvalue weighted by atomic mass is 9.88. The van der Waals surface area contributed by atoms with Crippen LogP contribution in [0.3, 0.4) is 0 Å². The van der Waals surface area contributed by atoms with Crippen molar-refractivity contribution in [1.82, 2.24) is 14.9 Å². The number of amides is 1. The Morgan fingerprint density at radius 1 is 1.11 bits per heavy atom. The molecule has 2 atom stereocenters. The molecule has 3 saturated heterocycles. The fraction of sp³-hybridized carbons (Fsp3) is 0.346. The summed E-state index contributed by atoms with van der Waals surface area (Å²) in [7, 11) is 4.07. The second-order valence-electron chi connectivity index (χ2n) is 9.70. The maximum atomic E-state index is 13.2. The van der Waals surface area contributed by atoms with Crippen molar-refractivity contribution in [3.63, 3.8) is 0 Å². The van der Waals surface area contributed by atoms with Crippen LogP contribution in [-0.2, 0) is 6.61 Å². The molecule has 4 aliphatic rings. The molecule has 0 radical (unpaired) electrons. The normalized spacial score (nSPS) is 21.3. The molecule has 0 saturated carbocycles. The number of rotatable bonds is 5. The Morgan fingerprint density at radius 2 is 1.89 bits per heavy atom. The second-order valence-corrected chi connectivity index (χ2v) is 10.1. The molecule has 0 spiro atoms. The molecule has 2 bridgehead atoms.